The molecule has 0 amide bonds. The zero-order chi connectivity index (χ0) is 14.7. The molecule has 0 aliphatic rings. The van der Waals surface area contributed by atoms with Gasteiger partial charge in [0.25, 0.3) is 0 Å². The van der Waals surface area contributed by atoms with Crippen molar-refractivity contribution in [2.45, 2.75) is 6.54 Å². The highest BCUT2D eigenvalue weighted by molar-refractivity contribution is 7.80. The molecular formula is C16H15N3OS. The van der Waals surface area contributed by atoms with Crippen LogP contribution < -0.4 is 10.5 Å². The van der Waals surface area contributed by atoms with Crippen LogP contribution in [-0.4, -0.2) is 21.1 Å². The lowest BCUT2D eigenvalue weighted by Crippen LogP contribution is -2.09. The van der Waals surface area contributed by atoms with E-state index in [0.717, 1.165) is 28.9 Å². The number of para-hydroxylation sites is 2. The summed E-state index contributed by atoms with van der Waals surface area (Å²) in [5.74, 6) is 0.805. The van der Waals surface area contributed by atoms with E-state index in [1.54, 1.807) is 0 Å². The Balaban J connectivity index is 1.62. The average Bonchev–Trinajstić information content (AvgIpc) is 2.91. The first-order chi connectivity index (χ1) is 10.2. The Hall–Kier alpha value is -2.40. The van der Waals surface area contributed by atoms with Gasteiger partial charge in [-0.3, -0.25) is 0 Å². The Labute approximate surface area is 128 Å². The lowest BCUT2D eigenvalue weighted by atomic mass is 10.2. The third-order valence-corrected chi connectivity index (χ3v) is 3.50. The van der Waals surface area contributed by atoms with E-state index in [1.165, 1.54) is 0 Å². The summed E-state index contributed by atoms with van der Waals surface area (Å²) < 4.78 is 7.81. The summed E-state index contributed by atoms with van der Waals surface area (Å²) in [5.41, 5.74) is 8.52. The molecule has 3 aromatic rings. The van der Waals surface area contributed by atoms with Gasteiger partial charge in [-0.05, 0) is 36.4 Å². The van der Waals surface area contributed by atoms with E-state index < -0.39 is 0 Å². The number of nitrogens with two attached hydrogens (primary N) is 1. The molecule has 2 N–H and O–H groups in total. The number of ether oxygens (including phenoxy) is 1. The van der Waals surface area contributed by atoms with E-state index in [-0.39, 0.29) is 0 Å². The Morgan fingerprint density at radius 1 is 1.14 bits per heavy atom. The molecule has 0 radical (unpaired) electrons. The summed E-state index contributed by atoms with van der Waals surface area (Å²) in [7, 11) is 0. The number of hydrogen-bond acceptors (Lipinski definition) is 3. The molecule has 0 bridgehead atoms. The fourth-order valence-electron chi connectivity index (χ4n) is 2.17. The van der Waals surface area contributed by atoms with Crippen molar-refractivity contribution in [3.05, 3.63) is 60.4 Å². The summed E-state index contributed by atoms with van der Waals surface area (Å²) in [6.45, 7) is 1.32. The van der Waals surface area contributed by atoms with E-state index in [2.05, 4.69) is 15.6 Å². The average molecular weight is 297 g/mol. The first kappa shape index (κ1) is 13.6. The van der Waals surface area contributed by atoms with Gasteiger partial charge in [0.05, 0.1) is 23.9 Å². The van der Waals surface area contributed by atoms with Crippen molar-refractivity contribution in [3.8, 4) is 5.75 Å². The van der Waals surface area contributed by atoms with Crippen molar-refractivity contribution < 1.29 is 4.74 Å². The number of hydrogen-bond donors (Lipinski definition) is 1. The predicted molar refractivity (Wildman–Crippen MR) is 87.6 cm³/mol. The molecule has 0 atom stereocenters. The van der Waals surface area contributed by atoms with Crippen LogP contribution in [0.5, 0.6) is 5.75 Å². The molecule has 0 aliphatic carbocycles. The van der Waals surface area contributed by atoms with E-state index in [9.17, 15) is 0 Å². The summed E-state index contributed by atoms with van der Waals surface area (Å²) in [5, 5.41) is 0. The van der Waals surface area contributed by atoms with Gasteiger partial charge in [0.15, 0.2) is 0 Å². The Kier molecular flexibility index (Phi) is 3.83. The van der Waals surface area contributed by atoms with E-state index >= 15 is 0 Å². The number of benzene rings is 2. The fourth-order valence-corrected chi connectivity index (χ4v) is 2.30. The second-order valence-electron chi connectivity index (χ2n) is 4.66. The maximum Gasteiger partial charge on any atom is 0.119 e. The molecule has 106 valence electrons. The lowest BCUT2D eigenvalue weighted by Gasteiger charge is -2.08. The molecule has 0 saturated carbocycles. The molecule has 5 heteroatoms. The van der Waals surface area contributed by atoms with Crippen molar-refractivity contribution in [2.24, 2.45) is 5.73 Å². The normalized spacial score (nSPS) is 10.7. The zero-order valence-corrected chi connectivity index (χ0v) is 12.2. The van der Waals surface area contributed by atoms with Crippen LogP contribution in [0, 0.1) is 0 Å². The second-order valence-corrected chi connectivity index (χ2v) is 5.10. The largest absolute Gasteiger partial charge is 0.492 e. The second kappa shape index (κ2) is 5.93. The van der Waals surface area contributed by atoms with Gasteiger partial charge in [-0.2, -0.15) is 0 Å². The maximum absolute atomic E-state index is 5.73. The van der Waals surface area contributed by atoms with Crippen LogP contribution in [0.4, 0.5) is 0 Å². The van der Waals surface area contributed by atoms with Gasteiger partial charge in [-0.1, -0.05) is 24.4 Å². The third-order valence-electron chi connectivity index (χ3n) is 3.27. The third kappa shape index (κ3) is 3.03. The SMILES string of the molecule is NC(=S)c1ccc(OCCn2cnc3ccccc32)cc1. The van der Waals surface area contributed by atoms with Crippen LogP contribution in [0.2, 0.25) is 0 Å². The molecule has 2 aromatic carbocycles. The monoisotopic (exact) mass is 297 g/mol. The smallest absolute Gasteiger partial charge is 0.119 e. The zero-order valence-electron chi connectivity index (χ0n) is 11.4. The summed E-state index contributed by atoms with van der Waals surface area (Å²) >= 11 is 4.92. The van der Waals surface area contributed by atoms with Gasteiger partial charge in [-0.25, -0.2) is 4.98 Å². The van der Waals surface area contributed by atoms with Crippen molar-refractivity contribution in [1.82, 2.24) is 9.55 Å². The minimum atomic E-state index is 0.395. The molecule has 0 spiro atoms. The highest BCUT2D eigenvalue weighted by Gasteiger charge is 2.02. The highest BCUT2D eigenvalue weighted by Crippen LogP contribution is 2.14. The van der Waals surface area contributed by atoms with Crippen molar-refractivity contribution in [2.75, 3.05) is 6.61 Å². The highest BCUT2D eigenvalue weighted by atomic mass is 32.1. The van der Waals surface area contributed by atoms with E-state index in [1.807, 2.05) is 48.8 Å². The number of nitrogens with zero attached hydrogens (tertiary/aromatic N) is 2. The molecular weight excluding hydrogens is 282 g/mol. The molecule has 3 rings (SSSR count). The van der Waals surface area contributed by atoms with Crippen LogP contribution in [0.3, 0.4) is 0 Å². The number of aromatic nitrogens is 2. The van der Waals surface area contributed by atoms with Crippen LogP contribution in [0.15, 0.2) is 54.9 Å². The Morgan fingerprint density at radius 3 is 2.67 bits per heavy atom. The Morgan fingerprint density at radius 2 is 1.90 bits per heavy atom. The molecule has 0 fully saturated rings. The van der Waals surface area contributed by atoms with Gasteiger partial charge in [0.1, 0.15) is 17.3 Å². The summed E-state index contributed by atoms with van der Waals surface area (Å²) in [6.07, 6.45) is 1.84. The lowest BCUT2D eigenvalue weighted by molar-refractivity contribution is 0.300. The number of thiocarbonyl (C=S) groups is 1. The molecule has 1 heterocycles. The van der Waals surface area contributed by atoms with E-state index in [4.69, 9.17) is 22.7 Å². The van der Waals surface area contributed by atoms with Gasteiger partial charge in [0.2, 0.25) is 0 Å². The van der Waals surface area contributed by atoms with Gasteiger partial charge in [0, 0.05) is 5.56 Å². The quantitative estimate of drug-likeness (QED) is 0.736. The number of fused-ring (bicyclic) bond motifs is 1. The van der Waals surface area contributed by atoms with Crippen molar-refractivity contribution in [3.63, 3.8) is 0 Å². The van der Waals surface area contributed by atoms with Gasteiger partial charge >= 0.3 is 0 Å². The molecule has 0 saturated heterocycles. The minimum Gasteiger partial charge on any atom is -0.492 e. The topological polar surface area (TPSA) is 53.1 Å². The molecule has 0 aliphatic heterocycles. The molecule has 21 heavy (non-hydrogen) atoms. The van der Waals surface area contributed by atoms with Crippen LogP contribution >= 0.6 is 12.2 Å². The summed E-state index contributed by atoms with van der Waals surface area (Å²) in [4.78, 5) is 4.75. The molecule has 0 unspecified atom stereocenters. The maximum atomic E-state index is 5.73. The van der Waals surface area contributed by atoms with Crippen molar-refractivity contribution in [1.29, 1.82) is 0 Å². The van der Waals surface area contributed by atoms with Gasteiger partial charge in [-0.15, -0.1) is 0 Å². The standard InChI is InChI=1S/C16H15N3OS/c17-16(21)12-5-7-13(8-6-12)20-10-9-19-11-18-14-3-1-2-4-15(14)19/h1-8,11H,9-10H2,(H2,17,21). The minimum absolute atomic E-state index is 0.395. The van der Waals surface area contributed by atoms with Crippen LogP contribution in [0.1, 0.15) is 5.56 Å². The van der Waals surface area contributed by atoms with Crippen LogP contribution in [0.25, 0.3) is 11.0 Å². The Bertz CT molecular complexity index is 765. The van der Waals surface area contributed by atoms with Crippen LogP contribution in [-0.2, 0) is 6.54 Å². The first-order valence-electron chi connectivity index (χ1n) is 6.66. The van der Waals surface area contributed by atoms with Crippen molar-refractivity contribution >= 4 is 28.2 Å². The number of imidazole rings is 1. The predicted octanol–water partition coefficient (Wildman–Crippen LogP) is 2.75. The van der Waals surface area contributed by atoms with E-state index in [0.29, 0.717) is 11.6 Å². The first-order valence-corrected chi connectivity index (χ1v) is 7.07. The molecule has 4 nitrogen and oxygen atoms in total. The molecule has 1 aromatic heterocycles. The van der Waals surface area contributed by atoms with Gasteiger partial charge < -0.3 is 15.0 Å². The fraction of sp³-hybridized carbons (Fsp3) is 0.125. The number of rotatable bonds is 5. The summed E-state index contributed by atoms with van der Waals surface area (Å²) in [6, 6.07) is 15.5.